The van der Waals surface area contributed by atoms with Gasteiger partial charge in [-0.05, 0) is 55.0 Å². The van der Waals surface area contributed by atoms with Crippen LogP contribution >= 0.6 is 0 Å². The van der Waals surface area contributed by atoms with E-state index in [0.717, 1.165) is 51.4 Å². The molecule has 12 heteroatoms. The van der Waals surface area contributed by atoms with Crippen LogP contribution in [0, 0.1) is 5.41 Å². The summed E-state index contributed by atoms with van der Waals surface area (Å²) in [5.41, 5.74) is 6.46. The summed E-state index contributed by atoms with van der Waals surface area (Å²) in [7, 11) is 1.69. The molecule has 3 aliphatic rings. The van der Waals surface area contributed by atoms with Crippen LogP contribution in [0.25, 0.3) is 22.3 Å². The molecular formula is C37H42N8O4. The first-order valence-electron chi connectivity index (χ1n) is 17.0. The lowest BCUT2D eigenvalue weighted by atomic mass is 9.90. The van der Waals surface area contributed by atoms with Gasteiger partial charge in [0.2, 0.25) is 0 Å². The summed E-state index contributed by atoms with van der Waals surface area (Å²) in [6.45, 7) is 10.9. The molecule has 2 saturated heterocycles. The molecule has 2 aliphatic heterocycles. The average molecular weight is 663 g/mol. The lowest BCUT2D eigenvalue weighted by molar-refractivity contribution is -0.0691. The number of nitrogens with zero attached hydrogens (tertiary/aromatic N) is 7. The minimum absolute atomic E-state index is 0.173. The Balaban J connectivity index is 1.07. The number of aliphatic hydroxyl groups excluding tert-OH is 1. The smallest absolute Gasteiger partial charge is 0.279 e. The first-order valence-corrected chi connectivity index (χ1v) is 17.0. The molecule has 2 N–H and O–H groups in total. The predicted molar refractivity (Wildman–Crippen MR) is 189 cm³/mol. The van der Waals surface area contributed by atoms with Crippen LogP contribution < -0.4 is 21.3 Å². The second-order valence-corrected chi connectivity index (χ2v) is 14.5. The van der Waals surface area contributed by atoms with Crippen LogP contribution in [0.2, 0.25) is 0 Å². The third kappa shape index (κ3) is 5.53. The fraction of sp³-hybridized carbons (Fsp3) is 0.405. The summed E-state index contributed by atoms with van der Waals surface area (Å²) >= 11 is 0. The second kappa shape index (κ2) is 12.0. The fourth-order valence-electron chi connectivity index (χ4n) is 7.80. The average Bonchev–Trinajstić information content (AvgIpc) is 3.55. The van der Waals surface area contributed by atoms with Crippen LogP contribution in [0.5, 0.6) is 0 Å². The number of pyridine rings is 3. The Bertz CT molecular complexity index is 2180. The number of aliphatic hydroxyl groups is 1. The number of aryl methyl sites for hydroxylation is 1. The van der Waals surface area contributed by atoms with Gasteiger partial charge in [-0.25, -0.2) is 4.98 Å². The van der Waals surface area contributed by atoms with E-state index in [4.69, 9.17) is 4.74 Å². The van der Waals surface area contributed by atoms with Gasteiger partial charge in [-0.2, -0.15) is 0 Å². The van der Waals surface area contributed by atoms with Crippen LogP contribution in [0.1, 0.15) is 37.6 Å². The summed E-state index contributed by atoms with van der Waals surface area (Å²) in [5.74, 6) is 0.549. The summed E-state index contributed by atoms with van der Waals surface area (Å²) in [4.78, 5) is 41.1. The molecule has 8 rings (SSSR count). The van der Waals surface area contributed by atoms with Crippen LogP contribution in [-0.4, -0.2) is 78.4 Å². The molecule has 7 heterocycles. The highest BCUT2D eigenvalue weighted by atomic mass is 16.5. The van der Waals surface area contributed by atoms with Gasteiger partial charge in [-0.3, -0.25) is 24.0 Å². The van der Waals surface area contributed by atoms with Gasteiger partial charge in [-0.1, -0.05) is 13.8 Å². The van der Waals surface area contributed by atoms with E-state index in [0.29, 0.717) is 51.5 Å². The van der Waals surface area contributed by atoms with E-state index in [9.17, 15) is 14.7 Å². The SMILES string of the molecule is C[C@H]1CN(C2COC2)CCN1c1ccc(Nc2cc(-c3cncc(-n4ccn5c6c(cc5c4=O)CC(C)(C)C6)c3CO)cn(C)c2=O)nc1. The fourth-order valence-corrected chi connectivity index (χ4v) is 7.80. The molecule has 0 bridgehead atoms. The molecule has 12 nitrogen and oxygen atoms in total. The highest BCUT2D eigenvalue weighted by Crippen LogP contribution is 2.37. The molecule has 0 saturated carbocycles. The van der Waals surface area contributed by atoms with E-state index in [1.807, 2.05) is 35.0 Å². The van der Waals surface area contributed by atoms with Crippen LogP contribution in [-0.2, 0) is 31.2 Å². The van der Waals surface area contributed by atoms with Gasteiger partial charge in [0, 0.05) is 79.9 Å². The number of rotatable bonds is 7. The summed E-state index contributed by atoms with van der Waals surface area (Å²) in [6, 6.07) is 8.55. The van der Waals surface area contributed by atoms with Crippen molar-refractivity contribution in [1.29, 1.82) is 0 Å². The van der Waals surface area contributed by atoms with Gasteiger partial charge in [0.15, 0.2) is 0 Å². The Kier molecular flexibility index (Phi) is 7.69. The number of ether oxygens (including phenoxy) is 1. The predicted octanol–water partition coefficient (Wildman–Crippen LogP) is 3.52. The zero-order valence-corrected chi connectivity index (χ0v) is 28.4. The van der Waals surface area contributed by atoms with Crippen molar-refractivity contribution in [3.8, 4) is 16.8 Å². The van der Waals surface area contributed by atoms with Crippen molar-refractivity contribution in [2.45, 2.75) is 52.3 Å². The molecule has 0 unspecified atom stereocenters. The van der Waals surface area contributed by atoms with Gasteiger partial charge in [0.05, 0.1) is 49.6 Å². The third-order valence-electron chi connectivity index (χ3n) is 10.4. The maximum absolute atomic E-state index is 13.8. The molecule has 0 radical (unpaired) electrons. The summed E-state index contributed by atoms with van der Waals surface area (Å²) in [5, 5.41) is 13.9. The van der Waals surface area contributed by atoms with E-state index in [1.165, 1.54) is 15.8 Å². The number of hydrogen-bond donors (Lipinski definition) is 2. The van der Waals surface area contributed by atoms with Crippen LogP contribution in [0.3, 0.4) is 0 Å². The van der Waals surface area contributed by atoms with Gasteiger partial charge < -0.3 is 29.0 Å². The minimum Gasteiger partial charge on any atom is -0.392 e. The molecule has 0 aromatic carbocycles. The molecule has 254 valence electrons. The Labute approximate surface area is 284 Å². The van der Waals surface area contributed by atoms with Crippen LogP contribution in [0.15, 0.2) is 71.0 Å². The largest absolute Gasteiger partial charge is 0.392 e. The maximum Gasteiger partial charge on any atom is 0.279 e. The number of fused-ring (bicyclic) bond motifs is 3. The van der Waals surface area contributed by atoms with E-state index in [-0.39, 0.29) is 23.1 Å². The standard InChI is InChI=1S/C37H42N8O4/c1-23-18-42(27-21-49-22-27)7-8-43(23)26-5-6-34(39-15-26)40-30-11-25(19-41(4)35(30)47)28-16-38-17-33(29(28)20-46)45-10-9-44-31(36(45)48)12-24-13-37(2,3)14-32(24)44/h5-6,9-12,15-17,19,23,27,46H,7-8,13-14,18,20-22H2,1-4H3,(H,39,40)/t23-/m0/s1. The van der Waals surface area contributed by atoms with Crippen molar-refractivity contribution in [3.05, 3.63) is 99.0 Å². The van der Waals surface area contributed by atoms with E-state index in [2.05, 4.69) is 45.9 Å². The van der Waals surface area contributed by atoms with Gasteiger partial charge in [0.25, 0.3) is 11.1 Å². The number of anilines is 3. The molecule has 0 spiro atoms. The van der Waals surface area contributed by atoms with E-state index < -0.39 is 0 Å². The Hall–Kier alpha value is -4.78. The minimum atomic E-state index is -0.327. The Morgan fingerprint density at radius 2 is 1.88 bits per heavy atom. The van der Waals surface area contributed by atoms with Crippen molar-refractivity contribution in [3.63, 3.8) is 0 Å². The quantitative estimate of drug-likeness (QED) is 0.270. The molecule has 49 heavy (non-hydrogen) atoms. The molecular weight excluding hydrogens is 620 g/mol. The lowest BCUT2D eigenvalue weighted by Crippen LogP contribution is -2.59. The van der Waals surface area contributed by atoms with Crippen molar-refractivity contribution >= 4 is 22.7 Å². The lowest BCUT2D eigenvalue weighted by Gasteiger charge is -2.46. The van der Waals surface area contributed by atoms with Gasteiger partial charge in [-0.15, -0.1) is 0 Å². The molecule has 1 atom stereocenters. The van der Waals surface area contributed by atoms with E-state index in [1.54, 1.807) is 42.5 Å². The zero-order valence-electron chi connectivity index (χ0n) is 28.4. The Morgan fingerprint density at radius 3 is 2.59 bits per heavy atom. The van der Waals surface area contributed by atoms with Crippen molar-refractivity contribution < 1.29 is 9.84 Å². The zero-order chi connectivity index (χ0) is 34.0. The van der Waals surface area contributed by atoms with Crippen molar-refractivity contribution in [1.82, 2.24) is 28.4 Å². The highest BCUT2D eigenvalue weighted by Gasteiger charge is 2.33. The topological polar surface area (TPSA) is 122 Å². The number of nitrogens with one attached hydrogen (secondary N) is 1. The maximum atomic E-state index is 13.8. The second-order valence-electron chi connectivity index (χ2n) is 14.5. The van der Waals surface area contributed by atoms with Crippen LogP contribution in [0.4, 0.5) is 17.2 Å². The van der Waals surface area contributed by atoms with Crippen molar-refractivity contribution in [2.24, 2.45) is 12.5 Å². The normalized spacial score (nSPS) is 19.3. The molecule has 0 amide bonds. The number of piperazine rings is 1. The first-order chi connectivity index (χ1) is 23.6. The first kappa shape index (κ1) is 31.5. The van der Waals surface area contributed by atoms with Gasteiger partial charge in [0.1, 0.15) is 17.0 Å². The molecule has 1 aliphatic carbocycles. The molecule has 5 aromatic heterocycles. The molecule has 5 aromatic rings. The number of aromatic nitrogens is 5. The summed E-state index contributed by atoms with van der Waals surface area (Å²) in [6.07, 6.45) is 12.3. The monoisotopic (exact) mass is 662 g/mol. The Morgan fingerprint density at radius 1 is 1.04 bits per heavy atom. The summed E-state index contributed by atoms with van der Waals surface area (Å²) < 4.78 is 10.4. The van der Waals surface area contributed by atoms with Crippen molar-refractivity contribution in [2.75, 3.05) is 43.1 Å². The third-order valence-corrected chi connectivity index (χ3v) is 10.4. The molecule has 2 fully saturated rings. The van der Waals surface area contributed by atoms with Gasteiger partial charge >= 0.3 is 0 Å². The van der Waals surface area contributed by atoms with E-state index >= 15 is 0 Å². The highest BCUT2D eigenvalue weighted by molar-refractivity contribution is 5.74. The number of hydrogen-bond acceptors (Lipinski definition) is 9.